The van der Waals surface area contributed by atoms with Gasteiger partial charge in [0.05, 0.1) is 6.54 Å². The fraction of sp³-hybridized carbons (Fsp3) is 0.667. The normalized spacial score (nSPS) is 11.5. The van der Waals surface area contributed by atoms with Gasteiger partial charge in [0, 0.05) is 18.4 Å². The van der Waals surface area contributed by atoms with Crippen molar-refractivity contribution in [2.75, 3.05) is 14.1 Å². The Labute approximate surface area is 74.0 Å². The molecule has 1 aromatic rings. The summed E-state index contributed by atoms with van der Waals surface area (Å²) in [6.07, 6.45) is 3.89. The van der Waals surface area contributed by atoms with E-state index in [0.29, 0.717) is 6.04 Å². The van der Waals surface area contributed by atoms with Gasteiger partial charge >= 0.3 is 0 Å². The Balaban J connectivity index is 2.77. The molecule has 0 saturated carbocycles. The van der Waals surface area contributed by atoms with Crippen LogP contribution in [0, 0.1) is 0 Å². The molecule has 12 heavy (non-hydrogen) atoms. The van der Waals surface area contributed by atoms with E-state index in [1.54, 1.807) is 0 Å². The molecule has 3 nitrogen and oxygen atoms in total. The predicted molar refractivity (Wildman–Crippen MR) is 50.0 cm³/mol. The van der Waals surface area contributed by atoms with E-state index < -0.39 is 0 Å². The number of imidazole rings is 1. The average molecular weight is 167 g/mol. The molecule has 1 aromatic heterocycles. The van der Waals surface area contributed by atoms with Crippen molar-refractivity contribution < 1.29 is 0 Å². The lowest BCUT2D eigenvalue weighted by molar-refractivity contribution is 0.375. The minimum atomic E-state index is 0.502. The van der Waals surface area contributed by atoms with Gasteiger partial charge in [0.2, 0.25) is 0 Å². The molecule has 0 bridgehead atoms. The van der Waals surface area contributed by atoms with Crippen molar-refractivity contribution in [2.45, 2.75) is 26.4 Å². The number of hydrogen-bond acceptors (Lipinski definition) is 2. The van der Waals surface area contributed by atoms with E-state index in [1.165, 1.54) is 0 Å². The van der Waals surface area contributed by atoms with Gasteiger partial charge in [0.15, 0.2) is 0 Å². The Morgan fingerprint density at radius 2 is 2.17 bits per heavy atom. The number of rotatable bonds is 3. The molecule has 0 unspecified atom stereocenters. The Hall–Kier alpha value is -0.830. The van der Waals surface area contributed by atoms with Crippen molar-refractivity contribution in [3.8, 4) is 0 Å². The minimum absolute atomic E-state index is 0.502. The van der Waals surface area contributed by atoms with Crippen molar-refractivity contribution in [2.24, 2.45) is 0 Å². The van der Waals surface area contributed by atoms with E-state index in [0.717, 1.165) is 12.4 Å². The van der Waals surface area contributed by atoms with Gasteiger partial charge in [-0.3, -0.25) is 0 Å². The van der Waals surface area contributed by atoms with Gasteiger partial charge in [-0.2, -0.15) is 0 Å². The third kappa shape index (κ3) is 2.08. The number of nitrogens with zero attached hydrogens (tertiary/aromatic N) is 3. The summed E-state index contributed by atoms with van der Waals surface area (Å²) in [5.41, 5.74) is 0. The lowest BCUT2D eigenvalue weighted by atomic mass is 10.4. The minimum Gasteiger partial charge on any atom is -0.331 e. The van der Waals surface area contributed by atoms with Crippen LogP contribution in [0.5, 0.6) is 0 Å². The quantitative estimate of drug-likeness (QED) is 0.680. The van der Waals surface area contributed by atoms with Crippen molar-refractivity contribution in [3.05, 3.63) is 18.2 Å². The smallest absolute Gasteiger partial charge is 0.123 e. The maximum Gasteiger partial charge on any atom is 0.123 e. The molecule has 0 radical (unpaired) electrons. The zero-order valence-electron chi connectivity index (χ0n) is 8.28. The van der Waals surface area contributed by atoms with Gasteiger partial charge in [-0.15, -0.1) is 0 Å². The fourth-order valence-electron chi connectivity index (χ4n) is 1.22. The zero-order chi connectivity index (χ0) is 9.14. The van der Waals surface area contributed by atoms with Gasteiger partial charge < -0.3 is 9.47 Å². The molecule has 0 aromatic carbocycles. The molecule has 0 spiro atoms. The van der Waals surface area contributed by atoms with E-state index in [-0.39, 0.29) is 0 Å². The molecule has 0 amide bonds. The third-order valence-electron chi connectivity index (χ3n) is 1.76. The van der Waals surface area contributed by atoms with Gasteiger partial charge in [0.25, 0.3) is 0 Å². The Morgan fingerprint density at radius 1 is 1.50 bits per heavy atom. The molecule has 3 heteroatoms. The molecular formula is C9H17N3. The molecule has 68 valence electrons. The third-order valence-corrected chi connectivity index (χ3v) is 1.76. The summed E-state index contributed by atoms with van der Waals surface area (Å²) in [6.45, 7) is 5.24. The Bertz CT molecular complexity index is 238. The molecule has 0 fully saturated rings. The Morgan fingerprint density at radius 3 is 2.67 bits per heavy atom. The standard InChI is InChI=1S/C9H17N3/c1-8(2)12-6-5-10-9(12)7-11(3)4/h5-6,8H,7H2,1-4H3. The van der Waals surface area contributed by atoms with Crippen molar-refractivity contribution in [3.63, 3.8) is 0 Å². The highest BCUT2D eigenvalue weighted by Gasteiger charge is 2.05. The second-order valence-corrected chi connectivity index (χ2v) is 3.58. The maximum absolute atomic E-state index is 4.30. The van der Waals surface area contributed by atoms with Gasteiger partial charge in [-0.25, -0.2) is 4.98 Å². The first-order chi connectivity index (χ1) is 5.61. The molecule has 0 saturated heterocycles. The Kier molecular flexibility index (Phi) is 2.87. The highest BCUT2D eigenvalue weighted by atomic mass is 15.1. The van der Waals surface area contributed by atoms with Crippen LogP contribution in [0.4, 0.5) is 0 Å². The SMILES string of the molecule is CC(C)n1ccnc1CN(C)C. The summed E-state index contributed by atoms with van der Waals surface area (Å²) in [7, 11) is 4.11. The summed E-state index contributed by atoms with van der Waals surface area (Å²) in [6, 6.07) is 0.502. The van der Waals surface area contributed by atoms with Gasteiger partial charge in [-0.05, 0) is 27.9 Å². The second kappa shape index (κ2) is 3.72. The largest absolute Gasteiger partial charge is 0.331 e. The van der Waals surface area contributed by atoms with Crippen LogP contribution in [0.15, 0.2) is 12.4 Å². The monoisotopic (exact) mass is 167 g/mol. The lowest BCUT2D eigenvalue weighted by Gasteiger charge is -2.14. The highest BCUT2D eigenvalue weighted by Crippen LogP contribution is 2.08. The van der Waals surface area contributed by atoms with E-state index in [1.807, 2.05) is 12.4 Å². The topological polar surface area (TPSA) is 21.1 Å². The van der Waals surface area contributed by atoms with Gasteiger partial charge in [-0.1, -0.05) is 0 Å². The summed E-state index contributed by atoms with van der Waals surface area (Å²) >= 11 is 0. The first kappa shape index (κ1) is 9.26. The summed E-state index contributed by atoms with van der Waals surface area (Å²) in [4.78, 5) is 6.43. The zero-order valence-corrected chi connectivity index (χ0v) is 8.28. The van der Waals surface area contributed by atoms with Crippen molar-refractivity contribution in [1.29, 1.82) is 0 Å². The second-order valence-electron chi connectivity index (χ2n) is 3.58. The van der Waals surface area contributed by atoms with Crippen LogP contribution in [-0.2, 0) is 6.54 Å². The van der Waals surface area contributed by atoms with Crippen LogP contribution < -0.4 is 0 Å². The number of hydrogen-bond donors (Lipinski definition) is 0. The maximum atomic E-state index is 4.30. The van der Waals surface area contributed by atoms with E-state index >= 15 is 0 Å². The summed E-state index contributed by atoms with van der Waals surface area (Å²) < 4.78 is 2.19. The molecule has 0 aliphatic carbocycles. The predicted octanol–water partition coefficient (Wildman–Crippen LogP) is 1.53. The van der Waals surface area contributed by atoms with Crippen molar-refractivity contribution >= 4 is 0 Å². The number of aromatic nitrogens is 2. The van der Waals surface area contributed by atoms with Crippen LogP contribution in [0.1, 0.15) is 25.7 Å². The first-order valence-electron chi connectivity index (χ1n) is 4.27. The van der Waals surface area contributed by atoms with E-state index in [2.05, 4.69) is 42.4 Å². The molecule has 0 aliphatic heterocycles. The molecule has 1 heterocycles. The molecule has 0 aliphatic rings. The first-order valence-corrected chi connectivity index (χ1v) is 4.27. The van der Waals surface area contributed by atoms with Crippen molar-refractivity contribution in [1.82, 2.24) is 14.5 Å². The lowest BCUT2D eigenvalue weighted by Crippen LogP contribution is -2.16. The molecule has 0 N–H and O–H groups in total. The molecule has 1 rings (SSSR count). The van der Waals surface area contributed by atoms with Crippen LogP contribution >= 0.6 is 0 Å². The average Bonchev–Trinajstić information content (AvgIpc) is 2.33. The summed E-state index contributed by atoms with van der Waals surface area (Å²) in [5.74, 6) is 1.13. The van der Waals surface area contributed by atoms with E-state index in [9.17, 15) is 0 Å². The summed E-state index contributed by atoms with van der Waals surface area (Å²) in [5, 5.41) is 0. The van der Waals surface area contributed by atoms with Crippen LogP contribution in [-0.4, -0.2) is 28.5 Å². The van der Waals surface area contributed by atoms with Crippen LogP contribution in [0.2, 0.25) is 0 Å². The molecular weight excluding hydrogens is 150 g/mol. The fourth-order valence-corrected chi connectivity index (χ4v) is 1.22. The van der Waals surface area contributed by atoms with Gasteiger partial charge in [0.1, 0.15) is 5.82 Å². The van der Waals surface area contributed by atoms with Crippen LogP contribution in [0.3, 0.4) is 0 Å². The highest BCUT2D eigenvalue weighted by molar-refractivity contribution is 4.93. The molecule has 0 atom stereocenters. The van der Waals surface area contributed by atoms with E-state index in [4.69, 9.17) is 0 Å². The van der Waals surface area contributed by atoms with Crippen LogP contribution in [0.25, 0.3) is 0 Å².